The molecule has 0 radical (unpaired) electrons. The van der Waals surface area contributed by atoms with Gasteiger partial charge in [0.15, 0.2) is 0 Å². The molecule has 2 aliphatic heterocycles. The Bertz CT molecular complexity index is 850. The number of benzene rings is 2. The molecule has 3 N–H and O–H groups in total. The summed E-state index contributed by atoms with van der Waals surface area (Å²) in [6.45, 7) is 0.799. The number of ether oxygens (including phenoxy) is 1. The van der Waals surface area contributed by atoms with E-state index in [4.69, 9.17) is 4.74 Å². The van der Waals surface area contributed by atoms with Crippen molar-refractivity contribution in [2.24, 2.45) is 5.92 Å². The molecule has 0 spiro atoms. The average molecular weight is 364 g/mol. The van der Waals surface area contributed by atoms with Gasteiger partial charge in [0.2, 0.25) is 0 Å². The number of anilines is 1. The van der Waals surface area contributed by atoms with Crippen LogP contribution in [0.4, 0.5) is 5.69 Å². The fraction of sp³-hybridized carbons (Fsp3) is 0.381. The lowest BCUT2D eigenvalue weighted by Crippen LogP contribution is -2.55. The summed E-state index contributed by atoms with van der Waals surface area (Å²) in [5, 5.41) is 3.66. The number of amides is 1. The number of nitrogens with one attached hydrogen (secondary N) is 3. The van der Waals surface area contributed by atoms with E-state index in [0.717, 1.165) is 36.4 Å². The van der Waals surface area contributed by atoms with Gasteiger partial charge in [0.25, 0.3) is 5.91 Å². The maximum Gasteiger partial charge on any atom is 0.257 e. The Hall–Kier alpha value is -2.57. The Morgan fingerprint density at radius 3 is 2.59 bits per heavy atom. The predicted octanol–water partition coefficient (Wildman–Crippen LogP) is 2.52. The van der Waals surface area contributed by atoms with Crippen LogP contribution in [0, 0.1) is 5.92 Å². The number of hydrogen-bond donors (Lipinski definition) is 3. The minimum Gasteiger partial charge on any atom is -0.497 e. The Kier molecular flexibility index (Phi) is 4.02. The van der Waals surface area contributed by atoms with E-state index in [0.29, 0.717) is 6.04 Å². The molecule has 2 aromatic carbocycles. The minimum absolute atomic E-state index is 0.0329. The first-order valence-electron chi connectivity index (χ1n) is 9.57. The molecule has 6 nitrogen and oxygen atoms in total. The van der Waals surface area contributed by atoms with Gasteiger partial charge >= 0.3 is 0 Å². The number of hydrazine groups is 1. The van der Waals surface area contributed by atoms with Crippen molar-refractivity contribution in [2.45, 2.75) is 31.1 Å². The van der Waals surface area contributed by atoms with E-state index < -0.39 is 0 Å². The summed E-state index contributed by atoms with van der Waals surface area (Å²) < 4.78 is 5.28. The molecule has 3 aliphatic rings. The zero-order chi connectivity index (χ0) is 18.4. The molecular formula is C21H24N4O2. The highest BCUT2D eigenvalue weighted by Gasteiger charge is 2.47. The zero-order valence-corrected chi connectivity index (χ0v) is 15.3. The van der Waals surface area contributed by atoms with Crippen LogP contribution in [0.1, 0.15) is 34.8 Å². The summed E-state index contributed by atoms with van der Waals surface area (Å²) in [5.74, 6) is 1.22. The number of nitrogens with zero attached hydrogens (tertiary/aromatic N) is 1. The normalized spacial score (nSPS) is 27.2. The van der Waals surface area contributed by atoms with Gasteiger partial charge in [-0.15, -0.1) is 0 Å². The molecule has 1 saturated heterocycles. The second-order valence-corrected chi connectivity index (χ2v) is 7.52. The van der Waals surface area contributed by atoms with Gasteiger partial charge < -0.3 is 15.0 Å². The van der Waals surface area contributed by atoms with Crippen LogP contribution in [0.25, 0.3) is 0 Å². The standard InChI is InChI=1S/C21H24N4O2/c1-27-15-10-6-13(7-11-15)19-17(12-22-24-19)20-23-18-5-3-2-4-16(18)21(26)25(20)14-8-9-14/h2-7,10-11,14,17,19-20,22-24H,8-9,12H2,1H3. The van der Waals surface area contributed by atoms with Gasteiger partial charge in [-0.25, -0.2) is 5.43 Å². The average Bonchev–Trinajstić information content (AvgIpc) is 3.43. The van der Waals surface area contributed by atoms with E-state index in [9.17, 15) is 4.79 Å². The van der Waals surface area contributed by atoms with Gasteiger partial charge in [0, 0.05) is 24.2 Å². The van der Waals surface area contributed by atoms with Crippen LogP contribution in [0.3, 0.4) is 0 Å². The number of para-hydroxylation sites is 1. The molecule has 0 bridgehead atoms. The Morgan fingerprint density at radius 2 is 1.85 bits per heavy atom. The molecule has 1 amide bonds. The van der Waals surface area contributed by atoms with Gasteiger partial charge in [-0.3, -0.25) is 10.2 Å². The number of carbonyl (C=O) groups is 1. The Labute approximate surface area is 158 Å². The van der Waals surface area contributed by atoms with Crippen LogP contribution < -0.4 is 20.9 Å². The minimum atomic E-state index is -0.0329. The third-order valence-electron chi connectivity index (χ3n) is 5.84. The number of carbonyl (C=O) groups excluding carboxylic acids is 1. The fourth-order valence-electron chi connectivity index (χ4n) is 4.30. The molecule has 140 valence electrons. The molecule has 6 heteroatoms. The van der Waals surface area contributed by atoms with Crippen molar-refractivity contribution in [3.63, 3.8) is 0 Å². The topological polar surface area (TPSA) is 65.6 Å². The number of hydrogen-bond acceptors (Lipinski definition) is 5. The van der Waals surface area contributed by atoms with Crippen LogP contribution in [-0.4, -0.2) is 36.7 Å². The third kappa shape index (κ3) is 2.85. The molecular weight excluding hydrogens is 340 g/mol. The van der Waals surface area contributed by atoms with E-state index in [-0.39, 0.29) is 24.0 Å². The first-order chi connectivity index (χ1) is 13.3. The van der Waals surface area contributed by atoms with Crippen molar-refractivity contribution in [1.29, 1.82) is 0 Å². The van der Waals surface area contributed by atoms with Crippen molar-refractivity contribution in [3.8, 4) is 5.75 Å². The van der Waals surface area contributed by atoms with Crippen molar-refractivity contribution >= 4 is 11.6 Å². The van der Waals surface area contributed by atoms with Gasteiger partial charge in [0.1, 0.15) is 11.9 Å². The molecule has 5 rings (SSSR count). The molecule has 1 saturated carbocycles. The van der Waals surface area contributed by atoms with E-state index in [1.54, 1.807) is 7.11 Å². The fourth-order valence-corrected chi connectivity index (χ4v) is 4.30. The maximum absolute atomic E-state index is 13.2. The van der Waals surface area contributed by atoms with Gasteiger partial charge in [-0.05, 0) is 42.7 Å². The summed E-state index contributed by atoms with van der Waals surface area (Å²) in [7, 11) is 1.68. The van der Waals surface area contributed by atoms with E-state index in [1.165, 1.54) is 5.56 Å². The monoisotopic (exact) mass is 364 g/mol. The lowest BCUT2D eigenvalue weighted by atomic mass is 9.89. The molecule has 1 aliphatic carbocycles. The van der Waals surface area contributed by atoms with E-state index >= 15 is 0 Å². The van der Waals surface area contributed by atoms with Crippen LogP contribution >= 0.6 is 0 Å². The first-order valence-corrected chi connectivity index (χ1v) is 9.57. The lowest BCUT2D eigenvalue weighted by Gasteiger charge is -2.42. The predicted molar refractivity (Wildman–Crippen MR) is 103 cm³/mol. The molecule has 3 atom stereocenters. The SMILES string of the molecule is COc1ccc(C2NNCC2C2Nc3ccccc3C(=O)N2C2CC2)cc1. The highest BCUT2D eigenvalue weighted by atomic mass is 16.5. The van der Waals surface area contributed by atoms with E-state index in [2.05, 4.69) is 33.2 Å². The Morgan fingerprint density at radius 1 is 1.07 bits per heavy atom. The summed E-state index contributed by atoms with van der Waals surface area (Å²) >= 11 is 0. The van der Waals surface area contributed by atoms with Crippen molar-refractivity contribution < 1.29 is 9.53 Å². The van der Waals surface area contributed by atoms with Gasteiger partial charge in [-0.2, -0.15) is 0 Å². The van der Waals surface area contributed by atoms with Crippen molar-refractivity contribution in [2.75, 3.05) is 19.0 Å². The smallest absolute Gasteiger partial charge is 0.257 e. The zero-order valence-electron chi connectivity index (χ0n) is 15.3. The number of fused-ring (bicyclic) bond motifs is 1. The summed E-state index contributed by atoms with van der Waals surface area (Å²) in [6.07, 6.45) is 2.15. The molecule has 2 fully saturated rings. The largest absolute Gasteiger partial charge is 0.497 e. The van der Waals surface area contributed by atoms with Gasteiger partial charge in [-0.1, -0.05) is 24.3 Å². The molecule has 2 heterocycles. The third-order valence-corrected chi connectivity index (χ3v) is 5.84. The van der Waals surface area contributed by atoms with Gasteiger partial charge in [0.05, 0.1) is 18.7 Å². The van der Waals surface area contributed by atoms with E-state index in [1.807, 2.05) is 36.4 Å². The first kappa shape index (κ1) is 16.6. The van der Waals surface area contributed by atoms with Crippen molar-refractivity contribution in [3.05, 3.63) is 59.7 Å². The molecule has 3 unspecified atom stereocenters. The highest BCUT2D eigenvalue weighted by molar-refractivity contribution is 6.02. The summed E-state index contributed by atoms with van der Waals surface area (Å²) in [6, 6.07) is 16.5. The quantitative estimate of drug-likeness (QED) is 0.778. The highest BCUT2D eigenvalue weighted by Crippen LogP contribution is 2.40. The molecule has 2 aromatic rings. The van der Waals surface area contributed by atoms with Crippen LogP contribution in [0.15, 0.2) is 48.5 Å². The number of rotatable bonds is 4. The second-order valence-electron chi connectivity index (χ2n) is 7.52. The molecule has 27 heavy (non-hydrogen) atoms. The van der Waals surface area contributed by atoms with Crippen LogP contribution in [0.5, 0.6) is 5.75 Å². The maximum atomic E-state index is 13.2. The van der Waals surface area contributed by atoms with Crippen molar-refractivity contribution in [1.82, 2.24) is 15.8 Å². The lowest BCUT2D eigenvalue weighted by molar-refractivity contribution is 0.0598. The Balaban J connectivity index is 1.48. The summed E-state index contributed by atoms with van der Waals surface area (Å²) in [4.78, 5) is 15.3. The molecule has 0 aromatic heterocycles. The summed E-state index contributed by atoms with van der Waals surface area (Å²) in [5.41, 5.74) is 9.62. The van der Waals surface area contributed by atoms with Crippen LogP contribution in [0.2, 0.25) is 0 Å². The number of methoxy groups -OCH3 is 1. The van der Waals surface area contributed by atoms with Crippen LogP contribution in [-0.2, 0) is 0 Å². The second kappa shape index (κ2) is 6.55.